The zero-order valence-electron chi connectivity index (χ0n) is 13.0. The maximum Gasteiger partial charge on any atom is 0.245 e. The Morgan fingerprint density at radius 2 is 2.22 bits per heavy atom. The lowest BCUT2D eigenvalue weighted by Gasteiger charge is -2.31. The zero-order valence-corrected chi connectivity index (χ0v) is 13.8. The van der Waals surface area contributed by atoms with E-state index < -0.39 is 10.0 Å². The van der Waals surface area contributed by atoms with Gasteiger partial charge >= 0.3 is 0 Å². The van der Waals surface area contributed by atoms with E-state index in [2.05, 4.69) is 4.98 Å². The number of ether oxygens (including phenoxy) is 2. The molecule has 3 aliphatic rings. The first-order valence-corrected chi connectivity index (χ1v) is 9.75. The van der Waals surface area contributed by atoms with E-state index in [1.54, 1.807) is 22.6 Å². The monoisotopic (exact) mass is 338 g/mol. The van der Waals surface area contributed by atoms with Crippen LogP contribution in [0.4, 0.5) is 0 Å². The molecule has 3 atom stereocenters. The summed E-state index contributed by atoms with van der Waals surface area (Å²) in [6.07, 6.45) is 6.84. The summed E-state index contributed by atoms with van der Waals surface area (Å²) in [4.78, 5) is 4.19. The van der Waals surface area contributed by atoms with Crippen molar-refractivity contribution in [3.05, 3.63) is 24.5 Å². The Morgan fingerprint density at radius 3 is 2.96 bits per heavy atom. The number of nitrogens with zero attached hydrogens (tertiary/aromatic N) is 2. The van der Waals surface area contributed by atoms with Gasteiger partial charge in [-0.3, -0.25) is 4.98 Å². The van der Waals surface area contributed by atoms with E-state index >= 15 is 0 Å². The summed E-state index contributed by atoms with van der Waals surface area (Å²) in [6.45, 7) is 1.78. The van der Waals surface area contributed by atoms with Crippen molar-refractivity contribution < 1.29 is 17.9 Å². The Labute approximate surface area is 136 Å². The summed E-state index contributed by atoms with van der Waals surface area (Å²) in [6, 6.07) is 3.12. The van der Waals surface area contributed by atoms with E-state index in [1.807, 2.05) is 0 Å². The van der Waals surface area contributed by atoms with Crippen molar-refractivity contribution in [2.75, 3.05) is 19.8 Å². The third kappa shape index (κ3) is 3.03. The van der Waals surface area contributed by atoms with Crippen molar-refractivity contribution in [2.45, 2.75) is 48.8 Å². The standard InChI is InChI=1S/C16H22N2O4S/c19-23(20,13-3-1-7-17-9-13)18-10-15(22-11-12-5-6-12)16-14(18)4-2-8-21-16/h1,3,7,9,12,14-16H,2,4-6,8,10-11H2/t14-,15+,16+/m0/s1. The largest absolute Gasteiger partial charge is 0.374 e. The fourth-order valence-electron chi connectivity index (χ4n) is 3.47. The van der Waals surface area contributed by atoms with Crippen molar-refractivity contribution in [3.8, 4) is 0 Å². The molecule has 0 radical (unpaired) electrons. The third-order valence-electron chi connectivity index (χ3n) is 4.91. The van der Waals surface area contributed by atoms with Crippen LogP contribution in [0.25, 0.3) is 0 Å². The van der Waals surface area contributed by atoms with Gasteiger partial charge in [0.15, 0.2) is 0 Å². The summed E-state index contributed by atoms with van der Waals surface area (Å²) in [5.74, 6) is 0.654. The topological polar surface area (TPSA) is 68.7 Å². The number of pyridine rings is 1. The Bertz CT molecular complexity index is 647. The van der Waals surface area contributed by atoms with Crippen molar-refractivity contribution in [1.29, 1.82) is 0 Å². The minimum atomic E-state index is -3.55. The summed E-state index contributed by atoms with van der Waals surface area (Å²) in [5.41, 5.74) is 0. The van der Waals surface area contributed by atoms with Gasteiger partial charge in [0.25, 0.3) is 0 Å². The molecule has 0 spiro atoms. The Hall–Kier alpha value is -1.02. The quantitative estimate of drug-likeness (QED) is 0.812. The van der Waals surface area contributed by atoms with Crippen LogP contribution in [0.15, 0.2) is 29.4 Å². The molecule has 3 fully saturated rings. The van der Waals surface area contributed by atoms with Gasteiger partial charge in [-0.05, 0) is 43.7 Å². The summed E-state index contributed by atoms with van der Waals surface area (Å²) in [7, 11) is -3.55. The maximum absolute atomic E-state index is 13.0. The molecular formula is C16H22N2O4S. The molecule has 0 bridgehead atoms. The molecule has 3 heterocycles. The number of fused-ring (bicyclic) bond motifs is 1. The van der Waals surface area contributed by atoms with Crippen LogP contribution in [0.1, 0.15) is 25.7 Å². The Kier molecular flexibility index (Phi) is 4.13. The third-order valence-corrected chi connectivity index (χ3v) is 6.79. The first kappa shape index (κ1) is 15.5. The van der Waals surface area contributed by atoms with E-state index in [-0.39, 0.29) is 23.1 Å². The molecule has 4 rings (SSSR count). The minimum Gasteiger partial charge on any atom is -0.374 e. The second-order valence-electron chi connectivity index (χ2n) is 6.62. The number of aromatic nitrogens is 1. The second-order valence-corrected chi connectivity index (χ2v) is 8.51. The Balaban J connectivity index is 1.57. The van der Waals surface area contributed by atoms with Crippen molar-refractivity contribution in [1.82, 2.24) is 9.29 Å². The minimum absolute atomic E-state index is 0.127. The van der Waals surface area contributed by atoms with Gasteiger partial charge < -0.3 is 9.47 Å². The fraction of sp³-hybridized carbons (Fsp3) is 0.688. The van der Waals surface area contributed by atoms with Crippen LogP contribution in [0.5, 0.6) is 0 Å². The SMILES string of the molecule is O=S(=O)(c1cccnc1)N1C[C@@H](OCC2CC2)[C@@H]2OCCC[C@@H]21. The highest BCUT2D eigenvalue weighted by atomic mass is 32.2. The predicted molar refractivity (Wildman–Crippen MR) is 83.4 cm³/mol. The highest BCUT2D eigenvalue weighted by Gasteiger charge is 2.50. The van der Waals surface area contributed by atoms with Gasteiger partial charge in [-0.2, -0.15) is 4.31 Å². The predicted octanol–water partition coefficient (Wildman–Crippen LogP) is 1.43. The molecule has 0 amide bonds. The van der Waals surface area contributed by atoms with E-state index in [4.69, 9.17) is 9.47 Å². The average molecular weight is 338 g/mol. The lowest BCUT2D eigenvalue weighted by atomic mass is 10.0. The van der Waals surface area contributed by atoms with Gasteiger partial charge in [-0.15, -0.1) is 0 Å². The number of sulfonamides is 1. The molecule has 1 aliphatic carbocycles. The van der Waals surface area contributed by atoms with Gasteiger partial charge in [-0.25, -0.2) is 8.42 Å². The summed E-state index contributed by atoms with van der Waals surface area (Å²) < 4.78 is 39.4. The molecule has 1 aromatic heterocycles. The molecule has 2 aliphatic heterocycles. The molecule has 1 saturated carbocycles. The van der Waals surface area contributed by atoms with E-state index in [1.165, 1.54) is 19.0 Å². The number of rotatable bonds is 5. The highest BCUT2D eigenvalue weighted by Crippen LogP contribution is 2.36. The van der Waals surface area contributed by atoms with E-state index in [0.717, 1.165) is 19.4 Å². The van der Waals surface area contributed by atoms with Gasteiger partial charge in [0.05, 0.1) is 12.1 Å². The van der Waals surface area contributed by atoms with Crippen LogP contribution in [0.3, 0.4) is 0 Å². The van der Waals surface area contributed by atoms with Gasteiger partial charge in [0.1, 0.15) is 11.0 Å². The van der Waals surface area contributed by atoms with Crippen molar-refractivity contribution in [2.24, 2.45) is 5.92 Å². The summed E-state index contributed by atoms with van der Waals surface area (Å²) in [5, 5.41) is 0. The molecule has 0 N–H and O–H groups in total. The second kappa shape index (κ2) is 6.12. The highest BCUT2D eigenvalue weighted by molar-refractivity contribution is 7.89. The van der Waals surface area contributed by atoms with Gasteiger partial charge in [0.2, 0.25) is 10.0 Å². The lowest BCUT2D eigenvalue weighted by molar-refractivity contribution is -0.0773. The van der Waals surface area contributed by atoms with E-state index in [0.29, 0.717) is 19.1 Å². The lowest BCUT2D eigenvalue weighted by Crippen LogP contribution is -2.43. The molecule has 0 aromatic carbocycles. The molecule has 7 heteroatoms. The van der Waals surface area contributed by atoms with E-state index in [9.17, 15) is 8.42 Å². The Morgan fingerprint density at radius 1 is 1.35 bits per heavy atom. The molecule has 23 heavy (non-hydrogen) atoms. The first-order chi connectivity index (χ1) is 11.2. The smallest absolute Gasteiger partial charge is 0.245 e. The molecule has 1 aromatic rings. The molecular weight excluding hydrogens is 316 g/mol. The molecule has 6 nitrogen and oxygen atoms in total. The van der Waals surface area contributed by atoms with Crippen LogP contribution in [0, 0.1) is 5.92 Å². The van der Waals surface area contributed by atoms with Crippen molar-refractivity contribution in [3.63, 3.8) is 0 Å². The molecule has 2 saturated heterocycles. The van der Waals surface area contributed by atoms with Crippen LogP contribution in [-0.4, -0.2) is 55.7 Å². The van der Waals surface area contributed by atoms with Crippen LogP contribution < -0.4 is 0 Å². The zero-order chi connectivity index (χ0) is 15.9. The number of hydrogen-bond acceptors (Lipinski definition) is 5. The average Bonchev–Trinajstić information content (AvgIpc) is 3.33. The van der Waals surface area contributed by atoms with Crippen LogP contribution >= 0.6 is 0 Å². The van der Waals surface area contributed by atoms with Crippen molar-refractivity contribution >= 4 is 10.0 Å². The first-order valence-electron chi connectivity index (χ1n) is 8.31. The van der Waals surface area contributed by atoms with Crippen LogP contribution in [0.2, 0.25) is 0 Å². The molecule has 126 valence electrons. The fourth-order valence-corrected chi connectivity index (χ4v) is 5.11. The van der Waals surface area contributed by atoms with Gasteiger partial charge in [-0.1, -0.05) is 0 Å². The van der Waals surface area contributed by atoms with Gasteiger partial charge in [0, 0.05) is 32.2 Å². The summed E-state index contributed by atoms with van der Waals surface area (Å²) >= 11 is 0. The maximum atomic E-state index is 13.0. The molecule has 0 unspecified atom stereocenters. The van der Waals surface area contributed by atoms with Crippen LogP contribution in [-0.2, 0) is 19.5 Å². The normalized spacial score (nSPS) is 31.9. The number of hydrogen-bond donors (Lipinski definition) is 0.